The zero-order chi connectivity index (χ0) is 14.0. The fourth-order valence-electron chi connectivity index (χ4n) is 2.65. The van der Waals surface area contributed by atoms with Crippen LogP contribution in [0.3, 0.4) is 0 Å². The predicted molar refractivity (Wildman–Crippen MR) is 76.2 cm³/mol. The highest BCUT2D eigenvalue weighted by Crippen LogP contribution is 2.24. The summed E-state index contributed by atoms with van der Waals surface area (Å²) >= 11 is 0. The van der Waals surface area contributed by atoms with E-state index in [-0.39, 0.29) is 18.1 Å². The highest BCUT2D eigenvalue weighted by molar-refractivity contribution is 5.95. The average molecular weight is 262 g/mol. The van der Waals surface area contributed by atoms with Gasteiger partial charge in [0.25, 0.3) is 5.91 Å². The number of benzene rings is 1. The molecule has 1 fully saturated rings. The Kier molecular flexibility index (Phi) is 4.22. The standard InChI is InChI=1S/C15H22N2O2/c1-9-6-10(2)14(11(3)7-9)17-15(18)13-5-4-12(8-16)19-13/h6-7,12-13H,4-5,8,16H2,1-3H3,(H,17,18)/t12-,13+/m1/s1. The molecule has 1 aromatic carbocycles. The van der Waals surface area contributed by atoms with Crippen molar-refractivity contribution in [3.63, 3.8) is 0 Å². The number of hydrogen-bond donors (Lipinski definition) is 2. The smallest absolute Gasteiger partial charge is 0.253 e. The predicted octanol–water partition coefficient (Wildman–Crippen LogP) is 2.06. The lowest BCUT2D eigenvalue weighted by atomic mass is 10.0. The lowest BCUT2D eigenvalue weighted by molar-refractivity contribution is -0.126. The number of aryl methyl sites for hydroxylation is 3. The zero-order valence-electron chi connectivity index (χ0n) is 11.8. The fourth-order valence-corrected chi connectivity index (χ4v) is 2.65. The zero-order valence-corrected chi connectivity index (χ0v) is 11.8. The molecule has 0 spiro atoms. The Morgan fingerprint density at radius 3 is 2.47 bits per heavy atom. The summed E-state index contributed by atoms with van der Waals surface area (Å²) in [7, 11) is 0. The summed E-state index contributed by atoms with van der Waals surface area (Å²) in [6.45, 7) is 6.55. The van der Waals surface area contributed by atoms with Crippen LogP contribution in [-0.4, -0.2) is 24.7 Å². The number of nitrogens with one attached hydrogen (secondary N) is 1. The van der Waals surface area contributed by atoms with Crippen LogP contribution in [-0.2, 0) is 9.53 Å². The van der Waals surface area contributed by atoms with Gasteiger partial charge >= 0.3 is 0 Å². The van der Waals surface area contributed by atoms with E-state index < -0.39 is 0 Å². The molecule has 19 heavy (non-hydrogen) atoms. The molecule has 4 heteroatoms. The number of amides is 1. The molecule has 1 aliphatic heterocycles. The molecule has 4 nitrogen and oxygen atoms in total. The maximum Gasteiger partial charge on any atom is 0.253 e. The van der Waals surface area contributed by atoms with Gasteiger partial charge in [0.1, 0.15) is 6.10 Å². The number of ether oxygens (including phenoxy) is 1. The summed E-state index contributed by atoms with van der Waals surface area (Å²) < 4.78 is 5.61. The molecule has 0 unspecified atom stereocenters. The first-order chi connectivity index (χ1) is 9.01. The Labute approximate surface area is 114 Å². The Morgan fingerprint density at radius 1 is 1.32 bits per heavy atom. The third kappa shape index (κ3) is 3.14. The Bertz CT molecular complexity index is 462. The minimum absolute atomic E-state index is 0.0240. The summed E-state index contributed by atoms with van der Waals surface area (Å²) in [6, 6.07) is 4.14. The SMILES string of the molecule is Cc1cc(C)c(NC(=O)[C@@H]2CC[C@H](CN)O2)c(C)c1. The second-order valence-electron chi connectivity index (χ2n) is 5.32. The molecular formula is C15H22N2O2. The van der Waals surface area contributed by atoms with E-state index in [2.05, 4.69) is 24.4 Å². The molecule has 0 saturated carbocycles. The van der Waals surface area contributed by atoms with Gasteiger partial charge in [0.15, 0.2) is 0 Å². The first-order valence-electron chi connectivity index (χ1n) is 6.75. The van der Waals surface area contributed by atoms with Crippen molar-refractivity contribution in [1.82, 2.24) is 0 Å². The van der Waals surface area contributed by atoms with Crippen LogP contribution in [0, 0.1) is 20.8 Å². The fraction of sp³-hybridized carbons (Fsp3) is 0.533. The van der Waals surface area contributed by atoms with Gasteiger partial charge in [-0.15, -0.1) is 0 Å². The van der Waals surface area contributed by atoms with E-state index in [4.69, 9.17) is 10.5 Å². The van der Waals surface area contributed by atoms with Gasteiger partial charge in [0.2, 0.25) is 0 Å². The van der Waals surface area contributed by atoms with E-state index >= 15 is 0 Å². The molecule has 1 aliphatic rings. The number of anilines is 1. The van der Waals surface area contributed by atoms with E-state index in [0.717, 1.165) is 29.7 Å². The van der Waals surface area contributed by atoms with Gasteiger partial charge < -0.3 is 15.8 Å². The molecule has 1 aromatic rings. The summed E-state index contributed by atoms with van der Waals surface area (Å²) in [5.74, 6) is -0.0639. The van der Waals surface area contributed by atoms with E-state index in [9.17, 15) is 4.79 Å². The third-order valence-electron chi connectivity index (χ3n) is 3.59. The number of carbonyl (C=O) groups is 1. The highest BCUT2D eigenvalue weighted by atomic mass is 16.5. The van der Waals surface area contributed by atoms with Crippen molar-refractivity contribution in [2.24, 2.45) is 5.73 Å². The van der Waals surface area contributed by atoms with Gasteiger partial charge in [0.05, 0.1) is 6.10 Å². The maximum atomic E-state index is 12.2. The topological polar surface area (TPSA) is 64.4 Å². The summed E-state index contributed by atoms with van der Waals surface area (Å²) in [5.41, 5.74) is 9.82. The van der Waals surface area contributed by atoms with Gasteiger partial charge in [-0.25, -0.2) is 0 Å². The minimum atomic E-state index is -0.367. The molecular weight excluding hydrogens is 240 g/mol. The number of hydrogen-bond acceptors (Lipinski definition) is 3. The summed E-state index contributed by atoms with van der Waals surface area (Å²) in [6.07, 6.45) is 1.27. The minimum Gasteiger partial charge on any atom is -0.364 e. The number of carbonyl (C=O) groups excluding carboxylic acids is 1. The van der Waals surface area contributed by atoms with Gasteiger partial charge in [-0.1, -0.05) is 17.7 Å². The molecule has 0 aliphatic carbocycles. The molecule has 2 atom stereocenters. The van der Waals surface area contributed by atoms with Crippen molar-refractivity contribution in [2.45, 2.75) is 45.8 Å². The van der Waals surface area contributed by atoms with E-state index in [1.54, 1.807) is 0 Å². The lowest BCUT2D eigenvalue weighted by Gasteiger charge is -2.16. The monoisotopic (exact) mass is 262 g/mol. The van der Waals surface area contributed by atoms with Crippen LogP contribution >= 0.6 is 0 Å². The molecule has 1 heterocycles. The molecule has 0 aromatic heterocycles. The van der Waals surface area contributed by atoms with Gasteiger partial charge in [0, 0.05) is 12.2 Å². The van der Waals surface area contributed by atoms with E-state index in [1.165, 1.54) is 5.56 Å². The number of rotatable bonds is 3. The molecule has 1 saturated heterocycles. The Hall–Kier alpha value is -1.39. The Morgan fingerprint density at radius 2 is 1.95 bits per heavy atom. The quantitative estimate of drug-likeness (QED) is 0.876. The normalized spacial score (nSPS) is 22.5. The van der Waals surface area contributed by atoms with Crippen molar-refractivity contribution in [2.75, 3.05) is 11.9 Å². The molecule has 0 radical (unpaired) electrons. The van der Waals surface area contributed by atoms with Crippen molar-refractivity contribution >= 4 is 11.6 Å². The van der Waals surface area contributed by atoms with Crippen LogP contribution in [0.2, 0.25) is 0 Å². The largest absolute Gasteiger partial charge is 0.364 e. The van der Waals surface area contributed by atoms with Crippen molar-refractivity contribution in [1.29, 1.82) is 0 Å². The second kappa shape index (κ2) is 5.72. The third-order valence-corrected chi connectivity index (χ3v) is 3.59. The van der Waals surface area contributed by atoms with E-state index in [1.807, 2.05) is 13.8 Å². The van der Waals surface area contributed by atoms with Crippen molar-refractivity contribution < 1.29 is 9.53 Å². The van der Waals surface area contributed by atoms with Crippen molar-refractivity contribution in [3.05, 3.63) is 28.8 Å². The molecule has 104 valence electrons. The maximum absolute atomic E-state index is 12.2. The lowest BCUT2D eigenvalue weighted by Crippen LogP contribution is -2.30. The Balaban J connectivity index is 2.08. The van der Waals surface area contributed by atoms with Gasteiger partial charge in [-0.3, -0.25) is 4.79 Å². The van der Waals surface area contributed by atoms with Crippen molar-refractivity contribution in [3.8, 4) is 0 Å². The first-order valence-corrected chi connectivity index (χ1v) is 6.75. The van der Waals surface area contributed by atoms with Gasteiger partial charge in [-0.2, -0.15) is 0 Å². The first kappa shape index (κ1) is 14.0. The van der Waals surface area contributed by atoms with Crippen LogP contribution in [0.5, 0.6) is 0 Å². The van der Waals surface area contributed by atoms with Crippen LogP contribution in [0.1, 0.15) is 29.5 Å². The second-order valence-corrected chi connectivity index (χ2v) is 5.32. The van der Waals surface area contributed by atoms with E-state index in [0.29, 0.717) is 6.54 Å². The number of nitrogens with two attached hydrogens (primary N) is 1. The average Bonchev–Trinajstić information content (AvgIpc) is 2.82. The summed E-state index contributed by atoms with van der Waals surface area (Å²) in [4.78, 5) is 12.2. The highest BCUT2D eigenvalue weighted by Gasteiger charge is 2.30. The molecule has 2 rings (SSSR count). The molecule has 3 N–H and O–H groups in total. The van der Waals surface area contributed by atoms with Gasteiger partial charge in [-0.05, 0) is 44.7 Å². The van der Waals surface area contributed by atoms with Crippen LogP contribution in [0.4, 0.5) is 5.69 Å². The molecule has 1 amide bonds. The van der Waals surface area contributed by atoms with Crippen LogP contribution < -0.4 is 11.1 Å². The van der Waals surface area contributed by atoms with Crippen LogP contribution in [0.25, 0.3) is 0 Å². The van der Waals surface area contributed by atoms with Crippen LogP contribution in [0.15, 0.2) is 12.1 Å². The summed E-state index contributed by atoms with van der Waals surface area (Å²) in [5, 5.41) is 2.99. The molecule has 0 bridgehead atoms.